The summed E-state index contributed by atoms with van der Waals surface area (Å²) in [7, 11) is 2.35. The molecule has 0 aromatic rings. The molecule has 0 aromatic heterocycles. The SMILES string of the molecule is C=C(C(=O)OC)[C@@H](C)[C@H](O)C(=O)OC. The summed E-state index contributed by atoms with van der Waals surface area (Å²) in [5.41, 5.74) is 0.0328. The lowest BCUT2D eigenvalue weighted by Gasteiger charge is -2.17. The number of esters is 2. The van der Waals surface area contributed by atoms with Crippen LogP contribution < -0.4 is 0 Å². The predicted octanol–water partition coefficient (Wildman–Crippen LogP) is -0.114. The molecule has 0 aliphatic carbocycles. The number of methoxy groups -OCH3 is 2. The molecule has 0 unspecified atom stereocenters. The van der Waals surface area contributed by atoms with Gasteiger partial charge in [0.2, 0.25) is 0 Å². The number of carbonyl (C=O) groups is 2. The molecule has 0 fully saturated rings. The smallest absolute Gasteiger partial charge is 0.335 e. The zero-order chi connectivity index (χ0) is 11.3. The first kappa shape index (κ1) is 12.6. The van der Waals surface area contributed by atoms with E-state index in [1.165, 1.54) is 14.0 Å². The van der Waals surface area contributed by atoms with E-state index in [2.05, 4.69) is 16.1 Å². The van der Waals surface area contributed by atoms with Gasteiger partial charge in [-0.2, -0.15) is 0 Å². The molecular formula is C9H14O5. The average Bonchev–Trinajstić information content (AvgIpc) is 2.23. The summed E-state index contributed by atoms with van der Waals surface area (Å²) in [4.78, 5) is 21.9. The Balaban J connectivity index is 4.46. The molecule has 1 N–H and O–H groups in total. The van der Waals surface area contributed by atoms with Crippen molar-refractivity contribution in [2.75, 3.05) is 14.2 Å². The van der Waals surface area contributed by atoms with Crippen molar-refractivity contribution >= 4 is 11.9 Å². The lowest BCUT2D eigenvalue weighted by atomic mass is 9.96. The van der Waals surface area contributed by atoms with Crippen LogP contribution in [-0.2, 0) is 19.1 Å². The highest BCUT2D eigenvalue weighted by Crippen LogP contribution is 2.15. The van der Waals surface area contributed by atoms with Gasteiger partial charge in [-0.15, -0.1) is 0 Å². The fraction of sp³-hybridized carbons (Fsp3) is 0.556. The number of rotatable bonds is 4. The minimum Gasteiger partial charge on any atom is -0.467 e. The van der Waals surface area contributed by atoms with Gasteiger partial charge in [0.1, 0.15) is 0 Å². The van der Waals surface area contributed by atoms with Crippen molar-refractivity contribution in [3.05, 3.63) is 12.2 Å². The molecule has 0 heterocycles. The third-order valence-electron chi connectivity index (χ3n) is 1.91. The third kappa shape index (κ3) is 2.85. The Bertz CT molecular complexity index is 246. The highest BCUT2D eigenvalue weighted by atomic mass is 16.5. The average molecular weight is 202 g/mol. The summed E-state index contributed by atoms with van der Waals surface area (Å²) in [5.74, 6) is -2.18. The molecule has 0 saturated carbocycles. The molecule has 14 heavy (non-hydrogen) atoms. The van der Waals surface area contributed by atoms with Gasteiger partial charge in [-0.3, -0.25) is 0 Å². The van der Waals surface area contributed by atoms with Crippen molar-refractivity contribution in [2.45, 2.75) is 13.0 Å². The summed E-state index contributed by atoms with van der Waals surface area (Å²) in [6.07, 6.45) is -1.40. The van der Waals surface area contributed by atoms with E-state index in [0.717, 1.165) is 7.11 Å². The van der Waals surface area contributed by atoms with Crippen molar-refractivity contribution in [3.63, 3.8) is 0 Å². The van der Waals surface area contributed by atoms with Crippen molar-refractivity contribution in [1.29, 1.82) is 0 Å². The Morgan fingerprint density at radius 3 is 2.14 bits per heavy atom. The van der Waals surface area contributed by atoms with E-state index < -0.39 is 24.0 Å². The molecule has 0 aromatic carbocycles. The first-order valence-corrected chi connectivity index (χ1v) is 3.98. The second-order valence-corrected chi connectivity index (χ2v) is 2.77. The Morgan fingerprint density at radius 2 is 1.79 bits per heavy atom. The molecule has 0 radical (unpaired) electrons. The fourth-order valence-corrected chi connectivity index (χ4v) is 0.832. The van der Waals surface area contributed by atoms with Gasteiger partial charge in [0.15, 0.2) is 6.10 Å². The van der Waals surface area contributed by atoms with E-state index in [9.17, 15) is 14.7 Å². The second kappa shape index (κ2) is 5.39. The summed E-state index contributed by atoms with van der Waals surface area (Å²) in [6.45, 7) is 4.91. The van der Waals surface area contributed by atoms with Gasteiger partial charge in [-0.05, 0) is 0 Å². The van der Waals surface area contributed by atoms with Gasteiger partial charge in [-0.25, -0.2) is 9.59 Å². The van der Waals surface area contributed by atoms with Crippen molar-refractivity contribution < 1.29 is 24.2 Å². The van der Waals surface area contributed by atoms with Crippen LogP contribution in [-0.4, -0.2) is 37.4 Å². The molecule has 2 atom stereocenters. The van der Waals surface area contributed by atoms with Crippen LogP contribution in [0.3, 0.4) is 0 Å². The fourth-order valence-electron chi connectivity index (χ4n) is 0.832. The summed E-state index contributed by atoms with van der Waals surface area (Å²) in [5, 5.41) is 9.36. The van der Waals surface area contributed by atoms with Crippen LogP contribution in [0.1, 0.15) is 6.92 Å². The second-order valence-electron chi connectivity index (χ2n) is 2.77. The van der Waals surface area contributed by atoms with Gasteiger partial charge in [0, 0.05) is 11.5 Å². The van der Waals surface area contributed by atoms with E-state index >= 15 is 0 Å². The van der Waals surface area contributed by atoms with Gasteiger partial charge in [0.25, 0.3) is 0 Å². The highest BCUT2D eigenvalue weighted by molar-refractivity contribution is 5.89. The lowest BCUT2D eigenvalue weighted by molar-refractivity contribution is -0.152. The molecule has 0 amide bonds. The van der Waals surface area contributed by atoms with Crippen LogP contribution in [0, 0.1) is 5.92 Å². The number of aliphatic hydroxyl groups excluding tert-OH is 1. The third-order valence-corrected chi connectivity index (χ3v) is 1.91. The van der Waals surface area contributed by atoms with E-state index in [0.29, 0.717) is 0 Å². The number of aliphatic hydroxyl groups is 1. The van der Waals surface area contributed by atoms with Gasteiger partial charge in [-0.1, -0.05) is 13.5 Å². The number of ether oxygens (including phenoxy) is 2. The Labute approximate surface area is 82.3 Å². The lowest BCUT2D eigenvalue weighted by Crippen LogP contribution is -2.32. The number of hydrogen-bond donors (Lipinski definition) is 1. The summed E-state index contributed by atoms with van der Waals surface area (Å²) < 4.78 is 8.71. The van der Waals surface area contributed by atoms with Crippen molar-refractivity contribution in [2.24, 2.45) is 5.92 Å². The standard InChI is InChI=1S/C9H14O5/c1-5(6(2)8(11)13-3)7(10)9(12)14-4/h5,7,10H,2H2,1,3-4H3/t5-,7+/m1/s1. The van der Waals surface area contributed by atoms with Crippen molar-refractivity contribution in [3.8, 4) is 0 Å². The molecule has 5 heteroatoms. The topological polar surface area (TPSA) is 72.8 Å². The molecule has 0 aliphatic rings. The van der Waals surface area contributed by atoms with E-state index in [1.54, 1.807) is 0 Å². The predicted molar refractivity (Wildman–Crippen MR) is 48.3 cm³/mol. The van der Waals surface area contributed by atoms with Crippen LogP contribution in [0.4, 0.5) is 0 Å². The minimum absolute atomic E-state index is 0.0328. The van der Waals surface area contributed by atoms with E-state index in [1.807, 2.05) is 0 Å². The maximum absolute atomic E-state index is 11.0. The van der Waals surface area contributed by atoms with Crippen molar-refractivity contribution in [1.82, 2.24) is 0 Å². The largest absolute Gasteiger partial charge is 0.467 e. The summed E-state index contributed by atoms with van der Waals surface area (Å²) in [6, 6.07) is 0. The van der Waals surface area contributed by atoms with Crippen LogP contribution in [0.5, 0.6) is 0 Å². The molecule has 5 nitrogen and oxygen atoms in total. The molecule has 0 saturated heterocycles. The Morgan fingerprint density at radius 1 is 1.29 bits per heavy atom. The molecular weight excluding hydrogens is 188 g/mol. The zero-order valence-electron chi connectivity index (χ0n) is 8.44. The minimum atomic E-state index is -1.40. The van der Waals surface area contributed by atoms with Crippen LogP contribution in [0.15, 0.2) is 12.2 Å². The van der Waals surface area contributed by atoms with Crippen LogP contribution in [0.25, 0.3) is 0 Å². The first-order valence-electron chi connectivity index (χ1n) is 3.98. The van der Waals surface area contributed by atoms with E-state index in [4.69, 9.17) is 0 Å². The molecule has 0 aliphatic heterocycles. The quantitative estimate of drug-likeness (QED) is 0.508. The molecule has 80 valence electrons. The maximum atomic E-state index is 11.0. The maximum Gasteiger partial charge on any atom is 0.335 e. The van der Waals surface area contributed by atoms with E-state index in [-0.39, 0.29) is 5.57 Å². The zero-order valence-corrected chi connectivity index (χ0v) is 8.44. The first-order chi connectivity index (χ1) is 6.45. The van der Waals surface area contributed by atoms with Gasteiger partial charge >= 0.3 is 11.9 Å². The normalized spacial score (nSPS) is 14.0. The monoisotopic (exact) mass is 202 g/mol. The van der Waals surface area contributed by atoms with Gasteiger partial charge < -0.3 is 14.6 Å². The number of hydrogen-bond acceptors (Lipinski definition) is 5. The summed E-state index contributed by atoms with van der Waals surface area (Å²) >= 11 is 0. The molecule has 0 bridgehead atoms. The molecule has 0 spiro atoms. The highest BCUT2D eigenvalue weighted by Gasteiger charge is 2.28. The number of carbonyl (C=O) groups excluding carboxylic acids is 2. The van der Waals surface area contributed by atoms with Gasteiger partial charge in [0.05, 0.1) is 14.2 Å². The Hall–Kier alpha value is -1.36. The van der Waals surface area contributed by atoms with Crippen LogP contribution >= 0.6 is 0 Å². The van der Waals surface area contributed by atoms with Crippen LogP contribution in [0.2, 0.25) is 0 Å². The molecule has 0 rings (SSSR count). The Kier molecular flexibility index (Phi) is 4.86.